The Morgan fingerprint density at radius 2 is 1.97 bits per heavy atom. The van der Waals surface area contributed by atoms with E-state index in [0.717, 1.165) is 60.1 Å². The molecule has 33 heavy (non-hydrogen) atoms. The van der Waals surface area contributed by atoms with E-state index in [1.165, 1.54) is 17.5 Å². The Morgan fingerprint density at radius 1 is 1.12 bits per heavy atom. The number of allylic oxidation sites excluding steroid dienone is 1. The summed E-state index contributed by atoms with van der Waals surface area (Å²) in [7, 11) is 1.97. The van der Waals surface area contributed by atoms with Crippen LogP contribution in [0.15, 0.2) is 85.2 Å². The number of hydrogen-bond donors (Lipinski definition) is 3. The predicted octanol–water partition coefficient (Wildman–Crippen LogP) is 5.58. The number of nitrogens with zero attached hydrogens (tertiary/aromatic N) is 2. The van der Waals surface area contributed by atoms with Crippen molar-refractivity contribution in [3.63, 3.8) is 0 Å². The fourth-order valence-electron chi connectivity index (χ4n) is 4.36. The van der Waals surface area contributed by atoms with E-state index in [9.17, 15) is 0 Å². The molecule has 0 radical (unpaired) electrons. The highest BCUT2D eigenvalue weighted by atomic mass is 15.2. The monoisotopic (exact) mass is 437 g/mol. The largest absolute Gasteiger partial charge is 0.388 e. The van der Waals surface area contributed by atoms with Gasteiger partial charge in [-0.15, -0.1) is 0 Å². The molecule has 5 rings (SSSR count). The third-order valence-electron chi connectivity index (χ3n) is 6.41. The number of anilines is 3. The molecule has 2 aliphatic heterocycles. The van der Waals surface area contributed by atoms with Crippen LogP contribution >= 0.6 is 0 Å². The third kappa shape index (κ3) is 4.72. The first-order valence-electron chi connectivity index (χ1n) is 11.7. The van der Waals surface area contributed by atoms with Gasteiger partial charge in [0.1, 0.15) is 5.82 Å². The maximum atomic E-state index is 4.70. The lowest BCUT2D eigenvalue weighted by molar-refractivity contribution is 0.609. The molecule has 2 aromatic carbocycles. The van der Waals surface area contributed by atoms with Gasteiger partial charge < -0.3 is 20.9 Å². The summed E-state index contributed by atoms with van der Waals surface area (Å²) in [5.41, 5.74) is 7.92. The second-order valence-electron chi connectivity index (χ2n) is 8.72. The standard InChI is InChI=1S/C28H31N5/c1-20(9-10-21-7-4-3-5-8-21)31-23-12-13-24-26(29-2)18-25(32-27(24)17-23)22-11-14-28(30-19-22)33-15-6-16-33/h3-5,7-8,11-14,17-19,25,29,31-32H,1,6,9-10,15-16H2,2H3. The zero-order chi connectivity index (χ0) is 22.6. The Kier molecular flexibility index (Phi) is 6.03. The summed E-state index contributed by atoms with van der Waals surface area (Å²) in [6, 6.07) is 21.3. The smallest absolute Gasteiger partial charge is 0.128 e. The van der Waals surface area contributed by atoms with Crippen LogP contribution in [0.2, 0.25) is 0 Å². The van der Waals surface area contributed by atoms with Crippen LogP contribution in [0.1, 0.15) is 35.6 Å². The molecule has 168 valence electrons. The highest BCUT2D eigenvalue weighted by Gasteiger charge is 2.21. The molecule has 1 unspecified atom stereocenters. The summed E-state index contributed by atoms with van der Waals surface area (Å²) < 4.78 is 0. The molecule has 3 heterocycles. The minimum Gasteiger partial charge on any atom is -0.388 e. The average molecular weight is 438 g/mol. The normalized spacial score (nSPS) is 16.7. The van der Waals surface area contributed by atoms with Gasteiger partial charge in [-0.25, -0.2) is 4.98 Å². The lowest BCUT2D eigenvalue weighted by Crippen LogP contribution is -2.37. The van der Waals surface area contributed by atoms with Crippen molar-refractivity contribution in [2.45, 2.75) is 25.3 Å². The second-order valence-corrected chi connectivity index (χ2v) is 8.72. The first-order chi connectivity index (χ1) is 16.2. The van der Waals surface area contributed by atoms with Crippen LogP contribution in [-0.2, 0) is 6.42 Å². The summed E-state index contributed by atoms with van der Waals surface area (Å²) in [5, 5.41) is 10.5. The Morgan fingerprint density at radius 3 is 2.67 bits per heavy atom. The van der Waals surface area contributed by atoms with E-state index in [0.29, 0.717) is 0 Å². The van der Waals surface area contributed by atoms with Crippen molar-refractivity contribution in [1.29, 1.82) is 0 Å². The Hall–Kier alpha value is -3.73. The Balaban J connectivity index is 1.29. The number of fused-ring (bicyclic) bond motifs is 1. The van der Waals surface area contributed by atoms with Gasteiger partial charge in [0.15, 0.2) is 0 Å². The van der Waals surface area contributed by atoms with Crippen LogP contribution < -0.4 is 20.9 Å². The highest BCUT2D eigenvalue weighted by molar-refractivity contribution is 5.82. The van der Waals surface area contributed by atoms with Crippen molar-refractivity contribution in [1.82, 2.24) is 10.3 Å². The summed E-state index contributed by atoms with van der Waals surface area (Å²) in [4.78, 5) is 7.01. The summed E-state index contributed by atoms with van der Waals surface area (Å²) >= 11 is 0. The number of rotatable bonds is 8. The SMILES string of the molecule is C=C(CCc1ccccc1)Nc1ccc2c(c1)NC(c1ccc(N3CCC3)nc1)C=C2NC. The minimum atomic E-state index is 0.0643. The fourth-order valence-corrected chi connectivity index (χ4v) is 4.36. The number of pyridine rings is 1. The van der Waals surface area contributed by atoms with Gasteiger partial charge in [0.2, 0.25) is 0 Å². The van der Waals surface area contributed by atoms with Gasteiger partial charge in [-0.3, -0.25) is 0 Å². The van der Waals surface area contributed by atoms with Crippen molar-refractivity contribution in [3.05, 3.63) is 102 Å². The van der Waals surface area contributed by atoms with Gasteiger partial charge in [0.05, 0.1) is 6.04 Å². The fraction of sp³-hybridized carbons (Fsp3) is 0.250. The predicted molar refractivity (Wildman–Crippen MR) is 138 cm³/mol. The molecule has 5 nitrogen and oxygen atoms in total. The van der Waals surface area contributed by atoms with Crippen LogP contribution in [0.25, 0.3) is 5.70 Å². The molecule has 0 spiro atoms. The van der Waals surface area contributed by atoms with Gasteiger partial charge in [-0.05, 0) is 60.7 Å². The molecular weight excluding hydrogens is 406 g/mol. The Labute approximate surface area is 196 Å². The number of hydrogen-bond acceptors (Lipinski definition) is 5. The summed E-state index contributed by atoms with van der Waals surface area (Å²) in [6.07, 6.45) is 7.36. The van der Waals surface area contributed by atoms with Crippen LogP contribution in [0.5, 0.6) is 0 Å². The Bertz CT molecular complexity index is 1150. The van der Waals surface area contributed by atoms with E-state index < -0.39 is 0 Å². The zero-order valence-corrected chi connectivity index (χ0v) is 19.1. The number of aromatic nitrogens is 1. The second kappa shape index (κ2) is 9.41. The topological polar surface area (TPSA) is 52.2 Å². The molecule has 1 fully saturated rings. The van der Waals surface area contributed by atoms with E-state index in [2.05, 4.69) is 94.2 Å². The van der Waals surface area contributed by atoms with E-state index in [1.807, 2.05) is 13.2 Å². The van der Waals surface area contributed by atoms with Crippen molar-refractivity contribution >= 4 is 22.9 Å². The highest BCUT2D eigenvalue weighted by Crippen LogP contribution is 2.36. The maximum absolute atomic E-state index is 4.70. The third-order valence-corrected chi connectivity index (χ3v) is 6.41. The lowest BCUT2D eigenvalue weighted by atomic mass is 9.97. The zero-order valence-electron chi connectivity index (χ0n) is 19.1. The van der Waals surface area contributed by atoms with Crippen molar-refractivity contribution in [3.8, 4) is 0 Å². The quantitative estimate of drug-likeness (QED) is 0.430. The summed E-state index contributed by atoms with van der Waals surface area (Å²) in [5.74, 6) is 1.07. The van der Waals surface area contributed by atoms with Crippen molar-refractivity contribution in [2.75, 3.05) is 35.7 Å². The first-order valence-corrected chi connectivity index (χ1v) is 11.7. The van der Waals surface area contributed by atoms with Gasteiger partial charge in [-0.1, -0.05) is 43.0 Å². The summed E-state index contributed by atoms with van der Waals surface area (Å²) in [6.45, 7) is 6.45. The van der Waals surface area contributed by atoms with E-state index >= 15 is 0 Å². The van der Waals surface area contributed by atoms with E-state index in [4.69, 9.17) is 4.98 Å². The van der Waals surface area contributed by atoms with Crippen LogP contribution in [0.3, 0.4) is 0 Å². The molecule has 5 heteroatoms. The van der Waals surface area contributed by atoms with Gasteiger partial charge >= 0.3 is 0 Å². The van der Waals surface area contributed by atoms with Crippen LogP contribution in [0, 0.1) is 0 Å². The molecule has 1 atom stereocenters. The maximum Gasteiger partial charge on any atom is 0.128 e. The number of aryl methyl sites for hydroxylation is 1. The molecule has 2 aliphatic rings. The first kappa shape index (κ1) is 21.1. The van der Waals surface area contributed by atoms with Gasteiger partial charge in [-0.2, -0.15) is 0 Å². The molecule has 3 N–H and O–H groups in total. The van der Waals surface area contributed by atoms with Crippen LogP contribution in [-0.4, -0.2) is 25.1 Å². The lowest BCUT2D eigenvalue weighted by Gasteiger charge is -2.32. The van der Waals surface area contributed by atoms with Gasteiger partial charge in [0.25, 0.3) is 0 Å². The minimum absolute atomic E-state index is 0.0643. The van der Waals surface area contributed by atoms with E-state index in [-0.39, 0.29) is 6.04 Å². The van der Waals surface area contributed by atoms with Gasteiger partial charge in [0, 0.05) is 54.7 Å². The molecule has 1 saturated heterocycles. The van der Waals surface area contributed by atoms with E-state index in [1.54, 1.807) is 0 Å². The number of nitrogens with one attached hydrogen (secondary N) is 3. The molecule has 0 bridgehead atoms. The van der Waals surface area contributed by atoms with Crippen LogP contribution in [0.4, 0.5) is 17.2 Å². The van der Waals surface area contributed by atoms with Crippen molar-refractivity contribution in [2.24, 2.45) is 0 Å². The molecular formula is C28H31N5. The number of benzene rings is 2. The molecule has 0 saturated carbocycles. The molecule has 0 amide bonds. The molecule has 0 aliphatic carbocycles. The molecule has 1 aromatic heterocycles. The average Bonchev–Trinajstić information content (AvgIpc) is 2.82. The van der Waals surface area contributed by atoms with Crippen molar-refractivity contribution < 1.29 is 0 Å². The molecule has 3 aromatic rings.